The third-order valence-electron chi connectivity index (χ3n) is 3.00. The highest BCUT2D eigenvalue weighted by atomic mass is 16.5. The van der Waals surface area contributed by atoms with Crippen molar-refractivity contribution in [3.05, 3.63) is 35.5 Å². The van der Waals surface area contributed by atoms with Crippen LogP contribution in [0.2, 0.25) is 0 Å². The molecule has 0 spiro atoms. The molecule has 0 radical (unpaired) electrons. The van der Waals surface area contributed by atoms with Gasteiger partial charge in [0.25, 0.3) is 0 Å². The van der Waals surface area contributed by atoms with Gasteiger partial charge in [0.15, 0.2) is 0 Å². The van der Waals surface area contributed by atoms with Gasteiger partial charge < -0.3 is 15.4 Å². The van der Waals surface area contributed by atoms with E-state index >= 15 is 0 Å². The third kappa shape index (κ3) is 3.05. The number of methoxy groups -OCH3 is 1. The molecule has 2 rings (SSSR count). The van der Waals surface area contributed by atoms with E-state index in [2.05, 4.69) is 16.0 Å². The van der Waals surface area contributed by atoms with Gasteiger partial charge >= 0.3 is 0 Å². The number of pyridine rings is 1. The van der Waals surface area contributed by atoms with Crippen LogP contribution in [0.3, 0.4) is 0 Å². The molecule has 4 nitrogen and oxygen atoms in total. The number of nitrogens with two attached hydrogens (primary N) is 1. The van der Waals surface area contributed by atoms with E-state index in [1.54, 1.807) is 7.11 Å². The Labute approximate surface area is 102 Å². The van der Waals surface area contributed by atoms with Crippen LogP contribution in [0.15, 0.2) is 30.0 Å². The van der Waals surface area contributed by atoms with Gasteiger partial charge in [-0.2, -0.15) is 0 Å². The first-order valence-electron chi connectivity index (χ1n) is 5.90. The number of hydrogen-bond acceptors (Lipinski definition) is 4. The smallest absolute Gasteiger partial charge is 0.128 e. The summed E-state index contributed by atoms with van der Waals surface area (Å²) in [5.74, 6) is 1.02. The first-order valence-corrected chi connectivity index (χ1v) is 5.90. The quantitative estimate of drug-likeness (QED) is 0.797. The van der Waals surface area contributed by atoms with E-state index < -0.39 is 0 Å². The van der Waals surface area contributed by atoms with Crippen molar-refractivity contribution in [2.75, 3.05) is 31.7 Å². The predicted molar refractivity (Wildman–Crippen MR) is 68.9 cm³/mol. The van der Waals surface area contributed by atoms with Crippen molar-refractivity contribution in [3.63, 3.8) is 0 Å². The van der Waals surface area contributed by atoms with Crippen molar-refractivity contribution < 1.29 is 4.74 Å². The van der Waals surface area contributed by atoms with Crippen molar-refractivity contribution in [1.29, 1.82) is 0 Å². The number of rotatable bonds is 4. The minimum atomic E-state index is 0.547. The van der Waals surface area contributed by atoms with Gasteiger partial charge in [-0.15, -0.1) is 0 Å². The fourth-order valence-corrected chi connectivity index (χ4v) is 1.96. The van der Waals surface area contributed by atoms with Gasteiger partial charge in [-0.1, -0.05) is 12.1 Å². The summed E-state index contributed by atoms with van der Waals surface area (Å²) in [6, 6.07) is 4.08. The van der Waals surface area contributed by atoms with Crippen LogP contribution in [0.1, 0.15) is 12.0 Å². The van der Waals surface area contributed by atoms with Crippen LogP contribution in [-0.4, -0.2) is 31.8 Å². The largest absolute Gasteiger partial charge is 0.380 e. The Hall–Kier alpha value is -1.39. The second kappa shape index (κ2) is 5.80. The Kier molecular flexibility index (Phi) is 4.12. The highest BCUT2D eigenvalue weighted by Crippen LogP contribution is 2.17. The molecule has 0 atom stereocenters. The molecule has 0 amide bonds. The molecule has 2 N–H and O–H groups in total. The standard InChI is InChI=1S/C13H19N3O/c1-17-10-11-4-6-16(7-5-11)13-3-2-12(8-14)9-15-13/h2-4,9H,5-8,10,14H2,1H3. The van der Waals surface area contributed by atoms with Crippen LogP contribution in [-0.2, 0) is 11.3 Å². The zero-order valence-electron chi connectivity index (χ0n) is 10.2. The zero-order valence-corrected chi connectivity index (χ0v) is 10.2. The molecule has 17 heavy (non-hydrogen) atoms. The van der Waals surface area contributed by atoms with E-state index in [1.165, 1.54) is 5.57 Å². The molecule has 92 valence electrons. The Morgan fingerprint density at radius 3 is 2.88 bits per heavy atom. The second-order valence-electron chi connectivity index (χ2n) is 4.22. The molecule has 2 heterocycles. The van der Waals surface area contributed by atoms with Crippen LogP contribution < -0.4 is 10.6 Å². The summed E-state index contributed by atoms with van der Waals surface area (Å²) in [7, 11) is 1.74. The van der Waals surface area contributed by atoms with Crippen molar-refractivity contribution >= 4 is 5.82 Å². The minimum Gasteiger partial charge on any atom is -0.380 e. The number of aromatic nitrogens is 1. The van der Waals surface area contributed by atoms with Gasteiger partial charge in [0.1, 0.15) is 5.82 Å². The number of ether oxygens (including phenoxy) is 1. The van der Waals surface area contributed by atoms with Gasteiger partial charge in [0.2, 0.25) is 0 Å². The molecule has 1 aromatic rings. The van der Waals surface area contributed by atoms with Crippen LogP contribution >= 0.6 is 0 Å². The molecular weight excluding hydrogens is 214 g/mol. The second-order valence-corrected chi connectivity index (χ2v) is 4.22. The lowest BCUT2D eigenvalue weighted by molar-refractivity contribution is 0.222. The van der Waals surface area contributed by atoms with Crippen LogP contribution in [0.25, 0.3) is 0 Å². The summed E-state index contributed by atoms with van der Waals surface area (Å²) in [5, 5.41) is 0. The topological polar surface area (TPSA) is 51.4 Å². The molecule has 0 saturated heterocycles. The molecule has 4 heteroatoms. The summed E-state index contributed by atoms with van der Waals surface area (Å²) in [5.41, 5.74) is 8.00. The van der Waals surface area contributed by atoms with Crippen LogP contribution in [0.5, 0.6) is 0 Å². The summed E-state index contributed by atoms with van der Waals surface area (Å²) < 4.78 is 5.14. The molecule has 1 aliphatic heterocycles. The van der Waals surface area contributed by atoms with Crippen molar-refractivity contribution in [2.45, 2.75) is 13.0 Å². The van der Waals surface area contributed by atoms with E-state index in [0.29, 0.717) is 6.54 Å². The Balaban J connectivity index is 2.00. The van der Waals surface area contributed by atoms with E-state index in [0.717, 1.165) is 37.5 Å². The molecular formula is C13H19N3O. The first-order chi connectivity index (χ1) is 8.33. The van der Waals surface area contributed by atoms with Crippen LogP contribution in [0, 0.1) is 0 Å². The molecule has 0 aliphatic carbocycles. The first kappa shape index (κ1) is 12.1. The van der Waals surface area contributed by atoms with E-state index in [4.69, 9.17) is 10.5 Å². The lowest BCUT2D eigenvalue weighted by atomic mass is 10.1. The average Bonchev–Trinajstić information content (AvgIpc) is 2.40. The van der Waals surface area contributed by atoms with Gasteiger partial charge in [-0.3, -0.25) is 0 Å². The third-order valence-corrected chi connectivity index (χ3v) is 3.00. The lowest BCUT2D eigenvalue weighted by Gasteiger charge is -2.27. The van der Waals surface area contributed by atoms with Crippen LogP contribution in [0.4, 0.5) is 5.82 Å². The maximum atomic E-state index is 5.55. The highest BCUT2D eigenvalue weighted by molar-refractivity contribution is 5.41. The number of anilines is 1. The SMILES string of the molecule is COCC1=CCN(c2ccc(CN)cn2)CC1. The van der Waals surface area contributed by atoms with Crippen molar-refractivity contribution in [3.8, 4) is 0 Å². The summed E-state index contributed by atoms with van der Waals surface area (Å²) in [6.07, 6.45) is 5.13. The van der Waals surface area contributed by atoms with Gasteiger partial charge in [0, 0.05) is 32.9 Å². The van der Waals surface area contributed by atoms with Gasteiger partial charge in [-0.05, 0) is 23.6 Å². The lowest BCUT2D eigenvalue weighted by Crippen LogP contribution is -2.30. The van der Waals surface area contributed by atoms with Crippen molar-refractivity contribution in [2.24, 2.45) is 5.73 Å². The number of hydrogen-bond donors (Lipinski definition) is 1. The molecule has 1 aliphatic rings. The fraction of sp³-hybridized carbons (Fsp3) is 0.462. The molecule has 0 saturated carbocycles. The minimum absolute atomic E-state index is 0.547. The summed E-state index contributed by atoms with van der Waals surface area (Å²) in [6.45, 7) is 3.20. The van der Waals surface area contributed by atoms with E-state index in [9.17, 15) is 0 Å². The Morgan fingerprint density at radius 1 is 1.47 bits per heavy atom. The number of nitrogens with zero attached hydrogens (tertiary/aromatic N) is 2. The van der Waals surface area contributed by atoms with Gasteiger partial charge in [0.05, 0.1) is 6.61 Å². The molecule has 0 unspecified atom stereocenters. The summed E-state index contributed by atoms with van der Waals surface area (Å²) >= 11 is 0. The monoisotopic (exact) mass is 233 g/mol. The molecule has 0 fully saturated rings. The Bertz CT molecular complexity index is 386. The molecule has 1 aromatic heterocycles. The maximum absolute atomic E-state index is 5.55. The van der Waals surface area contributed by atoms with Gasteiger partial charge in [-0.25, -0.2) is 4.98 Å². The van der Waals surface area contributed by atoms with Crippen molar-refractivity contribution in [1.82, 2.24) is 4.98 Å². The van der Waals surface area contributed by atoms with E-state index in [1.807, 2.05) is 18.3 Å². The fourth-order valence-electron chi connectivity index (χ4n) is 1.96. The van der Waals surface area contributed by atoms with E-state index in [-0.39, 0.29) is 0 Å². The summed E-state index contributed by atoms with van der Waals surface area (Å²) in [4.78, 5) is 6.69. The zero-order chi connectivity index (χ0) is 12.1. The predicted octanol–water partition coefficient (Wildman–Crippen LogP) is 1.32. The molecule has 0 aromatic carbocycles. The molecule has 0 bridgehead atoms. The highest BCUT2D eigenvalue weighted by Gasteiger charge is 2.12. The maximum Gasteiger partial charge on any atom is 0.128 e. The Morgan fingerprint density at radius 2 is 2.35 bits per heavy atom. The normalized spacial score (nSPS) is 15.9. The average molecular weight is 233 g/mol.